The Kier molecular flexibility index (Phi) is 6.60. The van der Waals surface area contributed by atoms with Crippen molar-refractivity contribution >= 4 is 11.6 Å². The fraction of sp³-hybridized carbons (Fsp3) is 0.545. The zero-order valence-corrected chi connectivity index (χ0v) is 17.9. The van der Waals surface area contributed by atoms with Crippen LogP contribution in [0.4, 0.5) is 5.69 Å². The Balaban J connectivity index is 1.72. The van der Waals surface area contributed by atoms with E-state index in [4.69, 9.17) is 4.99 Å². The molecule has 1 atom stereocenters. The summed E-state index contributed by atoms with van der Waals surface area (Å²) in [5, 5.41) is 11.4. The van der Waals surface area contributed by atoms with E-state index in [1.165, 1.54) is 48.4 Å². The Hall–Kier alpha value is -2.50. The molecular weight excluding hydrogens is 348 g/mol. The molecule has 2 heterocycles. The highest BCUT2D eigenvalue weighted by Gasteiger charge is 2.15. The number of nitrogens with zero attached hydrogens (tertiary/aromatic N) is 4. The lowest BCUT2D eigenvalue weighted by molar-refractivity contribution is 0.685. The zero-order chi connectivity index (χ0) is 20.1. The lowest BCUT2D eigenvalue weighted by Gasteiger charge is -2.22. The molecule has 0 radical (unpaired) electrons. The van der Waals surface area contributed by atoms with E-state index in [0.29, 0.717) is 6.54 Å². The van der Waals surface area contributed by atoms with Gasteiger partial charge in [-0.05, 0) is 58.2 Å². The van der Waals surface area contributed by atoms with Crippen LogP contribution in [-0.4, -0.2) is 35.4 Å². The van der Waals surface area contributed by atoms with E-state index in [1.807, 2.05) is 18.7 Å². The number of hydrogen-bond donors (Lipinski definition) is 2. The van der Waals surface area contributed by atoms with Crippen LogP contribution in [-0.2, 0) is 13.6 Å². The van der Waals surface area contributed by atoms with Crippen LogP contribution in [0.1, 0.15) is 55.2 Å². The van der Waals surface area contributed by atoms with Crippen molar-refractivity contribution in [1.29, 1.82) is 0 Å². The molecule has 28 heavy (non-hydrogen) atoms. The standard InChI is InChI=1S/C22H34N6/c1-6-23-22(24-15-21-17(3)26-27(5)18(21)4)25-16(2)19-10-9-11-20(14-19)28-12-7-8-13-28/h9-11,14,16H,6-8,12-13,15H2,1-5H3,(H2,23,24,25). The van der Waals surface area contributed by atoms with Gasteiger partial charge >= 0.3 is 0 Å². The van der Waals surface area contributed by atoms with Crippen molar-refractivity contribution in [2.45, 2.75) is 53.1 Å². The van der Waals surface area contributed by atoms with Gasteiger partial charge in [-0.1, -0.05) is 12.1 Å². The molecule has 6 heteroatoms. The molecule has 6 nitrogen and oxygen atoms in total. The fourth-order valence-corrected chi connectivity index (χ4v) is 3.78. The second kappa shape index (κ2) is 9.13. The van der Waals surface area contributed by atoms with Crippen LogP contribution in [0.3, 0.4) is 0 Å². The topological polar surface area (TPSA) is 57.5 Å². The first-order chi connectivity index (χ1) is 13.5. The van der Waals surface area contributed by atoms with Crippen LogP contribution in [0.5, 0.6) is 0 Å². The monoisotopic (exact) mass is 382 g/mol. The van der Waals surface area contributed by atoms with Gasteiger partial charge in [0.15, 0.2) is 5.96 Å². The maximum atomic E-state index is 4.81. The fourth-order valence-electron chi connectivity index (χ4n) is 3.78. The molecule has 1 aliphatic rings. The number of aryl methyl sites for hydroxylation is 2. The molecule has 2 aromatic rings. The van der Waals surface area contributed by atoms with Crippen LogP contribution in [0, 0.1) is 13.8 Å². The lowest BCUT2D eigenvalue weighted by Crippen LogP contribution is -2.38. The lowest BCUT2D eigenvalue weighted by atomic mass is 10.1. The summed E-state index contributed by atoms with van der Waals surface area (Å²) in [6, 6.07) is 9.05. The summed E-state index contributed by atoms with van der Waals surface area (Å²) in [4.78, 5) is 7.29. The minimum Gasteiger partial charge on any atom is -0.372 e. The summed E-state index contributed by atoms with van der Waals surface area (Å²) in [6.45, 7) is 12.2. The van der Waals surface area contributed by atoms with Gasteiger partial charge in [0.25, 0.3) is 0 Å². The zero-order valence-electron chi connectivity index (χ0n) is 17.9. The molecule has 1 fully saturated rings. The van der Waals surface area contributed by atoms with E-state index >= 15 is 0 Å². The molecule has 1 saturated heterocycles. The number of guanidine groups is 1. The summed E-state index contributed by atoms with van der Waals surface area (Å²) in [5.74, 6) is 0.837. The molecule has 0 spiro atoms. The van der Waals surface area contributed by atoms with Gasteiger partial charge in [-0.25, -0.2) is 4.99 Å². The third kappa shape index (κ3) is 4.66. The highest BCUT2D eigenvalue weighted by Crippen LogP contribution is 2.24. The van der Waals surface area contributed by atoms with Crippen molar-refractivity contribution < 1.29 is 0 Å². The number of hydrogen-bond acceptors (Lipinski definition) is 3. The third-order valence-electron chi connectivity index (χ3n) is 5.59. The highest BCUT2D eigenvalue weighted by molar-refractivity contribution is 5.80. The van der Waals surface area contributed by atoms with Crippen LogP contribution < -0.4 is 15.5 Å². The molecule has 1 aromatic carbocycles. The smallest absolute Gasteiger partial charge is 0.192 e. The molecule has 0 aliphatic carbocycles. The summed E-state index contributed by atoms with van der Waals surface area (Å²) in [7, 11) is 1.98. The highest BCUT2D eigenvalue weighted by atomic mass is 15.3. The van der Waals surface area contributed by atoms with E-state index in [1.54, 1.807) is 0 Å². The van der Waals surface area contributed by atoms with Crippen LogP contribution in [0.15, 0.2) is 29.3 Å². The number of anilines is 1. The Labute approximate surface area is 169 Å². The van der Waals surface area contributed by atoms with Gasteiger partial charge in [-0.2, -0.15) is 5.10 Å². The summed E-state index contributed by atoms with van der Waals surface area (Å²) < 4.78 is 1.92. The van der Waals surface area contributed by atoms with E-state index in [-0.39, 0.29) is 6.04 Å². The number of nitrogens with one attached hydrogen (secondary N) is 2. The van der Waals surface area contributed by atoms with E-state index in [2.05, 4.69) is 65.7 Å². The predicted molar refractivity (Wildman–Crippen MR) is 117 cm³/mol. The number of rotatable bonds is 6. The van der Waals surface area contributed by atoms with Gasteiger partial charge in [-0.15, -0.1) is 0 Å². The Morgan fingerprint density at radius 3 is 2.64 bits per heavy atom. The van der Waals surface area contributed by atoms with Crippen LogP contribution in [0.25, 0.3) is 0 Å². The molecule has 0 bridgehead atoms. The quantitative estimate of drug-likeness (QED) is 0.593. The number of aliphatic imine (C=N–C) groups is 1. The molecule has 1 unspecified atom stereocenters. The van der Waals surface area contributed by atoms with Crippen molar-refractivity contribution in [1.82, 2.24) is 20.4 Å². The van der Waals surface area contributed by atoms with E-state index in [9.17, 15) is 0 Å². The van der Waals surface area contributed by atoms with Crippen LogP contribution >= 0.6 is 0 Å². The maximum absolute atomic E-state index is 4.81. The van der Waals surface area contributed by atoms with E-state index in [0.717, 1.165) is 18.2 Å². The molecule has 2 N–H and O–H groups in total. The maximum Gasteiger partial charge on any atom is 0.192 e. The Bertz CT molecular complexity index is 816. The van der Waals surface area contributed by atoms with Crippen molar-refractivity contribution in [3.05, 3.63) is 46.8 Å². The van der Waals surface area contributed by atoms with E-state index < -0.39 is 0 Å². The van der Waals surface area contributed by atoms with Gasteiger partial charge < -0.3 is 15.5 Å². The average Bonchev–Trinajstić information content (AvgIpc) is 3.30. The molecule has 1 aliphatic heterocycles. The van der Waals surface area contributed by atoms with Crippen LogP contribution in [0.2, 0.25) is 0 Å². The Morgan fingerprint density at radius 1 is 1.25 bits per heavy atom. The minimum absolute atomic E-state index is 0.177. The molecule has 152 valence electrons. The first-order valence-electron chi connectivity index (χ1n) is 10.4. The second-order valence-corrected chi connectivity index (χ2v) is 7.62. The first-order valence-corrected chi connectivity index (χ1v) is 10.4. The van der Waals surface area contributed by atoms with Gasteiger partial charge in [-0.3, -0.25) is 4.68 Å². The summed E-state index contributed by atoms with van der Waals surface area (Å²) in [5.41, 5.74) is 6.02. The SMILES string of the molecule is CCNC(=NCc1c(C)nn(C)c1C)NC(C)c1cccc(N2CCCC2)c1. The molecule has 0 saturated carbocycles. The predicted octanol–water partition coefficient (Wildman–Crippen LogP) is 3.45. The summed E-state index contributed by atoms with van der Waals surface area (Å²) in [6.07, 6.45) is 2.59. The van der Waals surface area contributed by atoms with Crippen molar-refractivity contribution in [3.63, 3.8) is 0 Å². The van der Waals surface area contributed by atoms with Gasteiger partial charge in [0, 0.05) is 43.6 Å². The normalized spacial score (nSPS) is 15.8. The number of benzene rings is 1. The average molecular weight is 383 g/mol. The second-order valence-electron chi connectivity index (χ2n) is 7.62. The minimum atomic E-state index is 0.177. The van der Waals surface area contributed by atoms with Crippen molar-refractivity contribution in [3.8, 4) is 0 Å². The molecule has 1 aromatic heterocycles. The molecule has 3 rings (SSSR count). The first kappa shape index (κ1) is 20.2. The third-order valence-corrected chi connectivity index (χ3v) is 5.59. The van der Waals surface area contributed by atoms with Crippen molar-refractivity contribution in [2.24, 2.45) is 12.0 Å². The van der Waals surface area contributed by atoms with Gasteiger partial charge in [0.2, 0.25) is 0 Å². The molecular formula is C22H34N6. The molecule has 0 amide bonds. The van der Waals surface area contributed by atoms with Crippen molar-refractivity contribution in [2.75, 3.05) is 24.5 Å². The summed E-state index contributed by atoms with van der Waals surface area (Å²) >= 11 is 0. The van der Waals surface area contributed by atoms with Gasteiger partial charge in [0.05, 0.1) is 18.3 Å². The Morgan fingerprint density at radius 2 is 2.00 bits per heavy atom. The number of aromatic nitrogens is 2. The van der Waals surface area contributed by atoms with Gasteiger partial charge in [0.1, 0.15) is 0 Å². The largest absolute Gasteiger partial charge is 0.372 e.